The Balaban J connectivity index is 2.01. The largest absolute Gasteiger partial charge is 0.493 e. The molecule has 0 unspecified atom stereocenters. The second-order valence-corrected chi connectivity index (χ2v) is 7.24. The zero-order valence-corrected chi connectivity index (χ0v) is 15.9. The number of carbonyl (C=O) groups excluding carboxylic acids is 1. The molecule has 0 spiro atoms. The van der Waals surface area contributed by atoms with E-state index in [1.54, 1.807) is 14.2 Å². The number of thioether (sulfide) groups is 1. The number of nitrogens with zero attached hydrogens (tertiary/aromatic N) is 3. The van der Waals surface area contributed by atoms with Gasteiger partial charge in [-0.05, 0) is 31.0 Å². The second kappa shape index (κ2) is 8.44. The number of carbonyl (C=O) groups is 1. The fraction of sp³-hybridized carbons (Fsp3) is 0.500. The van der Waals surface area contributed by atoms with E-state index in [1.807, 2.05) is 18.2 Å². The van der Waals surface area contributed by atoms with Crippen molar-refractivity contribution in [3.63, 3.8) is 0 Å². The average molecular weight is 376 g/mol. The molecule has 1 aromatic heterocycles. The molecule has 1 heterocycles. The van der Waals surface area contributed by atoms with Crippen LogP contribution in [0.15, 0.2) is 23.4 Å². The van der Waals surface area contributed by atoms with Crippen molar-refractivity contribution in [2.24, 2.45) is 5.73 Å². The molecule has 2 aromatic rings. The monoisotopic (exact) mass is 376 g/mol. The maximum absolute atomic E-state index is 11.2. The Morgan fingerprint density at radius 2 is 1.92 bits per heavy atom. The van der Waals surface area contributed by atoms with Crippen molar-refractivity contribution in [2.75, 3.05) is 20.0 Å². The summed E-state index contributed by atoms with van der Waals surface area (Å²) < 4.78 is 12.9. The van der Waals surface area contributed by atoms with E-state index in [0.717, 1.165) is 29.4 Å². The molecular weight excluding hydrogens is 352 g/mol. The van der Waals surface area contributed by atoms with Crippen LogP contribution in [0.3, 0.4) is 0 Å². The summed E-state index contributed by atoms with van der Waals surface area (Å²) in [5, 5.41) is 9.48. The molecule has 0 saturated heterocycles. The Morgan fingerprint density at radius 1 is 1.19 bits per heavy atom. The molecule has 1 saturated carbocycles. The van der Waals surface area contributed by atoms with Crippen LogP contribution in [0.2, 0.25) is 0 Å². The van der Waals surface area contributed by atoms with Crippen LogP contribution in [0.1, 0.15) is 38.1 Å². The summed E-state index contributed by atoms with van der Waals surface area (Å²) in [7, 11) is 3.22. The van der Waals surface area contributed by atoms with Crippen molar-refractivity contribution >= 4 is 17.7 Å². The number of benzene rings is 1. The van der Waals surface area contributed by atoms with Crippen molar-refractivity contribution in [3.8, 4) is 22.9 Å². The van der Waals surface area contributed by atoms with Gasteiger partial charge in [-0.15, -0.1) is 10.2 Å². The normalized spacial score (nSPS) is 15.0. The molecule has 8 heteroatoms. The fourth-order valence-electron chi connectivity index (χ4n) is 3.35. The Hall–Kier alpha value is -2.22. The molecule has 0 atom stereocenters. The fourth-order valence-corrected chi connectivity index (χ4v) is 4.10. The van der Waals surface area contributed by atoms with E-state index in [9.17, 15) is 4.79 Å². The van der Waals surface area contributed by atoms with E-state index in [1.165, 1.54) is 31.0 Å². The first-order chi connectivity index (χ1) is 12.6. The molecule has 26 heavy (non-hydrogen) atoms. The van der Waals surface area contributed by atoms with Crippen LogP contribution in [-0.2, 0) is 4.79 Å². The quantitative estimate of drug-likeness (QED) is 0.747. The predicted molar refractivity (Wildman–Crippen MR) is 101 cm³/mol. The first-order valence-corrected chi connectivity index (χ1v) is 9.71. The van der Waals surface area contributed by atoms with Crippen LogP contribution in [0.25, 0.3) is 11.4 Å². The van der Waals surface area contributed by atoms with Crippen LogP contribution < -0.4 is 15.2 Å². The van der Waals surface area contributed by atoms with E-state index in [4.69, 9.17) is 15.2 Å². The maximum Gasteiger partial charge on any atom is 0.227 e. The predicted octanol–water partition coefficient (Wildman–Crippen LogP) is 3.04. The molecule has 0 radical (unpaired) electrons. The van der Waals surface area contributed by atoms with Crippen LogP contribution in [0.4, 0.5) is 0 Å². The standard InChI is InChI=1S/C18H24N4O3S/c1-24-14-9-8-12(10-15(14)25-2)17-20-21-18(26-11-16(19)23)22(17)13-6-4-3-5-7-13/h8-10,13H,3-7,11H2,1-2H3,(H2,19,23). The number of methoxy groups -OCH3 is 2. The molecular formula is C18H24N4O3S. The van der Waals surface area contributed by atoms with Crippen LogP contribution in [-0.4, -0.2) is 40.6 Å². The van der Waals surface area contributed by atoms with Crippen molar-refractivity contribution in [3.05, 3.63) is 18.2 Å². The van der Waals surface area contributed by atoms with Gasteiger partial charge in [-0.1, -0.05) is 31.0 Å². The van der Waals surface area contributed by atoms with Gasteiger partial charge in [0.2, 0.25) is 5.91 Å². The average Bonchev–Trinajstić information content (AvgIpc) is 3.10. The molecule has 1 amide bonds. The number of ether oxygens (including phenoxy) is 2. The van der Waals surface area contributed by atoms with Crippen molar-refractivity contribution in [1.29, 1.82) is 0 Å². The lowest BCUT2D eigenvalue weighted by atomic mass is 9.95. The number of aromatic nitrogens is 3. The first kappa shape index (κ1) is 18.6. The van der Waals surface area contributed by atoms with Gasteiger partial charge in [0, 0.05) is 11.6 Å². The van der Waals surface area contributed by atoms with Gasteiger partial charge >= 0.3 is 0 Å². The number of hydrogen-bond acceptors (Lipinski definition) is 6. The lowest BCUT2D eigenvalue weighted by Crippen LogP contribution is -2.17. The van der Waals surface area contributed by atoms with Gasteiger partial charge < -0.3 is 15.2 Å². The summed E-state index contributed by atoms with van der Waals surface area (Å²) in [4.78, 5) is 11.2. The Kier molecular flexibility index (Phi) is 6.03. The number of amides is 1. The Bertz CT molecular complexity index is 772. The maximum atomic E-state index is 11.2. The highest BCUT2D eigenvalue weighted by molar-refractivity contribution is 7.99. The summed E-state index contributed by atoms with van der Waals surface area (Å²) in [6, 6.07) is 6.06. The molecule has 0 bridgehead atoms. The Labute approximate surface area is 157 Å². The van der Waals surface area contributed by atoms with Gasteiger partial charge in [0.1, 0.15) is 0 Å². The van der Waals surface area contributed by atoms with E-state index in [2.05, 4.69) is 14.8 Å². The number of primary amides is 1. The SMILES string of the molecule is COc1ccc(-c2nnc(SCC(N)=O)n2C2CCCCC2)cc1OC. The van der Waals surface area contributed by atoms with E-state index < -0.39 is 0 Å². The summed E-state index contributed by atoms with van der Waals surface area (Å²) in [5.74, 6) is 1.93. The first-order valence-electron chi connectivity index (χ1n) is 8.72. The van der Waals surface area contributed by atoms with Gasteiger partial charge in [0.25, 0.3) is 0 Å². The van der Waals surface area contributed by atoms with Gasteiger partial charge in [0.15, 0.2) is 22.5 Å². The third-order valence-electron chi connectivity index (χ3n) is 4.59. The second-order valence-electron chi connectivity index (χ2n) is 6.29. The van der Waals surface area contributed by atoms with Gasteiger partial charge in [0.05, 0.1) is 20.0 Å². The zero-order chi connectivity index (χ0) is 18.5. The van der Waals surface area contributed by atoms with Crippen LogP contribution >= 0.6 is 11.8 Å². The zero-order valence-electron chi connectivity index (χ0n) is 15.1. The third-order valence-corrected chi connectivity index (χ3v) is 5.56. The molecule has 2 N–H and O–H groups in total. The molecule has 3 rings (SSSR count). The lowest BCUT2D eigenvalue weighted by molar-refractivity contribution is -0.115. The van der Waals surface area contributed by atoms with E-state index in [0.29, 0.717) is 17.5 Å². The number of nitrogens with two attached hydrogens (primary N) is 1. The summed E-state index contributed by atoms with van der Waals surface area (Å²) in [5.41, 5.74) is 6.22. The van der Waals surface area contributed by atoms with Crippen molar-refractivity contribution in [2.45, 2.75) is 43.3 Å². The van der Waals surface area contributed by atoms with E-state index >= 15 is 0 Å². The number of rotatable bonds is 7. The molecule has 140 valence electrons. The highest BCUT2D eigenvalue weighted by Gasteiger charge is 2.24. The third kappa shape index (κ3) is 3.95. The Morgan fingerprint density at radius 3 is 2.58 bits per heavy atom. The minimum absolute atomic E-state index is 0.191. The smallest absolute Gasteiger partial charge is 0.227 e. The molecule has 1 aliphatic carbocycles. The number of hydrogen-bond donors (Lipinski definition) is 1. The van der Waals surface area contributed by atoms with Gasteiger partial charge in [-0.3, -0.25) is 9.36 Å². The summed E-state index contributed by atoms with van der Waals surface area (Å²) >= 11 is 1.34. The molecule has 7 nitrogen and oxygen atoms in total. The van der Waals surface area contributed by atoms with Crippen LogP contribution in [0.5, 0.6) is 11.5 Å². The molecule has 0 aliphatic heterocycles. The summed E-state index contributed by atoms with van der Waals surface area (Å²) in [6.45, 7) is 0. The minimum atomic E-state index is -0.360. The molecule has 1 aliphatic rings. The minimum Gasteiger partial charge on any atom is -0.493 e. The van der Waals surface area contributed by atoms with E-state index in [-0.39, 0.29) is 11.7 Å². The van der Waals surface area contributed by atoms with Gasteiger partial charge in [-0.2, -0.15) is 0 Å². The lowest BCUT2D eigenvalue weighted by Gasteiger charge is -2.25. The van der Waals surface area contributed by atoms with Crippen LogP contribution in [0, 0.1) is 0 Å². The molecule has 1 aromatic carbocycles. The molecule has 1 fully saturated rings. The summed E-state index contributed by atoms with van der Waals surface area (Å²) in [6.07, 6.45) is 5.81. The van der Waals surface area contributed by atoms with Crippen molar-refractivity contribution in [1.82, 2.24) is 14.8 Å². The topological polar surface area (TPSA) is 92.3 Å². The van der Waals surface area contributed by atoms with Gasteiger partial charge in [-0.25, -0.2) is 0 Å². The highest BCUT2D eigenvalue weighted by atomic mass is 32.2. The highest BCUT2D eigenvalue weighted by Crippen LogP contribution is 2.37. The van der Waals surface area contributed by atoms with Crippen molar-refractivity contribution < 1.29 is 14.3 Å².